The van der Waals surface area contributed by atoms with E-state index in [1.54, 1.807) is 4.90 Å². The van der Waals surface area contributed by atoms with Crippen molar-refractivity contribution >= 4 is 18.0 Å². The normalized spacial score (nSPS) is 19.0. The van der Waals surface area contributed by atoms with Crippen LogP contribution < -0.4 is 0 Å². The van der Waals surface area contributed by atoms with E-state index in [2.05, 4.69) is 6.92 Å². The molecule has 1 unspecified atom stereocenters. The van der Waals surface area contributed by atoms with Gasteiger partial charge in [-0.1, -0.05) is 13.0 Å². The van der Waals surface area contributed by atoms with Crippen LogP contribution in [0.25, 0.3) is 6.08 Å². The van der Waals surface area contributed by atoms with Crippen molar-refractivity contribution in [2.75, 3.05) is 13.1 Å². The Morgan fingerprint density at radius 3 is 2.81 bits per heavy atom. The van der Waals surface area contributed by atoms with Crippen molar-refractivity contribution in [3.05, 3.63) is 41.2 Å². The van der Waals surface area contributed by atoms with E-state index in [9.17, 15) is 14.0 Å². The maximum atomic E-state index is 13.9. The van der Waals surface area contributed by atoms with Gasteiger partial charge < -0.3 is 10.0 Å². The van der Waals surface area contributed by atoms with Crippen LogP contribution in [0.1, 0.15) is 35.7 Å². The molecule has 1 aromatic rings. The summed E-state index contributed by atoms with van der Waals surface area (Å²) in [5.41, 5.74) is 0.454. The van der Waals surface area contributed by atoms with E-state index in [1.807, 2.05) is 0 Å². The molecule has 0 bridgehead atoms. The van der Waals surface area contributed by atoms with Gasteiger partial charge in [0.2, 0.25) is 0 Å². The van der Waals surface area contributed by atoms with E-state index in [4.69, 9.17) is 5.11 Å². The number of hydrogen-bond acceptors (Lipinski definition) is 2. The zero-order valence-corrected chi connectivity index (χ0v) is 11.9. The number of carboxylic acid groups (broad SMARTS) is 1. The number of likely N-dealkylation sites (tertiary alicyclic amines) is 1. The Labute approximate surface area is 122 Å². The number of halogens is 1. The molecule has 4 nitrogen and oxygen atoms in total. The van der Waals surface area contributed by atoms with Crippen LogP contribution in [0.3, 0.4) is 0 Å². The van der Waals surface area contributed by atoms with Gasteiger partial charge in [-0.25, -0.2) is 9.18 Å². The maximum absolute atomic E-state index is 13.9. The Bertz CT molecular complexity index is 583. The van der Waals surface area contributed by atoms with Crippen molar-refractivity contribution in [3.8, 4) is 0 Å². The molecule has 112 valence electrons. The lowest BCUT2D eigenvalue weighted by molar-refractivity contribution is -0.131. The average Bonchev–Trinajstić information content (AvgIpc) is 2.45. The molecule has 0 radical (unpaired) electrons. The van der Waals surface area contributed by atoms with Gasteiger partial charge in [0, 0.05) is 30.3 Å². The number of nitrogens with zero attached hydrogens (tertiary/aromatic N) is 1. The molecule has 1 aromatic carbocycles. The lowest BCUT2D eigenvalue weighted by Crippen LogP contribution is -2.39. The Hall–Kier alpha value is -2.17. The van der Waals surface area contributed by atoms with Crippen molar-refractivity contribution in [3.63, 3.8) is 0 Å². The van der Waals surface area contributed by atoms with Crippen LogP contribution in [0.4, 0.5) is 4.39 Å². The molecule has 0 saturated carbocycles. The molecule has 0 spiro atoms. The number of carbonyl (C=O) groups excluding carboxylic acids is 1. The van der Waals surface area contributed by atoms with Gasteiger partial charge in [0.1, 0.15) is 5.82 Å². The summed E-state index contributed by atoms with van der Waals surface area (Å²) < 4.78 is 13.9. The highest BCUT2D eigenvalue weighted by Gasteiger charge is 2.22. The fourth-order valence-electron chi connectivity index (χ4n) is 2.51. The smallest absolute Gasteiger partial charge is 0.328 e. The van der Waals surface area contributed by atoms with Crippen LogP contribution in [-0.4, -0.2) is 35.0 Å². The Balaban J connectivity index is 2.15. The molecule has 1 fully saturated rings. The maximum Gasteiger partial charge on any atom is 0.328 e. The standard InChI is InChI=1S/C16H18FNO3/c1-11-3-2-8-18(10-11)16(21)13-5-4-12(14(17)9-13)6-7-15(19)20/h4-7,9,11H,2-3,8,10H2,1H3,(H,19,20). The highest BCUT2D eigenvalue weighted by atomic mass is 19.1. The molecule has 1 aliphatic rings. The first kappa shape index (κ1) is 15.2. The number of hydrogen-bond donors (Lipinski definition) is 1. The summed E-state index contributed by atoms with van der Waals surface area (Å²) in [5, 5.41) is 8.53. The molecule has 1 amide bonds. The van der Waals surface area contributed by atoms with E-state index in [0.717, 1.165) is 18.9 Å². The summed E-state index contributed by atoms with van der Waals surface area (Å²) >= 11 is 0. The van der Waals surface area contributed by atoms with Crippen molar-refractivity contribution in [2.24, 2.45) is 5.92 Å². The minimum absolute atomic E-state index is 0.154. The molecule has 0 aromatic heterocycles. The van der Waals surface area contributed by atoms with Crippen molar-refractivity contribution in [1.29, 1.82) is 0 Å². The Kier molecular flexibility index (Phi) is 4.73. The first-order chi connectivity index (χ1) is 9.97. The first-order valence-corrected chi connectivity index (χ1v) is 6.97. The lowest BCUT2D eigenvalue weighted by atomic mass is 9.99. The van der Waals surface area contributed by atoms with Gasteiger partial charge in [-0.3, -0.25) is 4.79 Å². The molecule has 1 atom stereocenters. The van der Waals surface area contributed by atoms with Gasteiger partial charge in [0.05, 0.1) is 0 Å². The predicted molar refractivity (Wildman–Crippen MR) is 77.4 cm³/mol. The van der Waals surface area contributed by atoms with Gasteiger partial charge in [-0.15, -0.1) is 0 Å². The molecule has 2 rings (SSSR count). The van der Waals surface area contributed by atoms with Gasteiger partial charge in [-0.05, 0) is 37.0 Å². The second-order valence-corrected chi connectivity index (χ2v) is 5.41. The lowest BCUT2D eigenvalue weighted by Gasteiger charge is -2.31. The van der Waals surface area contributed by atoms with Crippen molar-refractivity contribution in [1.82, 2.24) is 4.90 Å². The third kappa shape index (κ3) is 3.90. The van der Waals surface area contributed by atoms with Gasteiger partial charge in [0.15, 0.2) is 0 Å². The summed E-state index contributed by atoms with van der Waals surface area (Å²) in [6.45, 7) is 3.49. The quantitative estimate of drug-likeness (QED) is 0.871. The van der Waals surface area contributed by atoms with Crippen LogP contribution in [0.15, 0.2) is 24.3 Å². The highest BCUT2D eigenvalue weighted by Crippen LogP contribution is 2.19. The van der Waals surface area contributed by atoms with Gasteiger partial charge in [-0.2, -0.15) is 0 Å². The second-order valence-electron chi connectivity index (χ2n) is 5.41. The Morgan fingerprint density at radius 1 is 1.43 bits per heavy atom. The molecule has 1 N–H and O–H groups in total. The van der Waals surface area contributed by atoms with E-state index >= 15 is 0 Å². The topological polar surface area (TPSA) is 57.6 Å². The third-order valence-electron chi connectivity index (χ3n) is 3.60. The molecule has 1 heterocycles. The summed E-state index contributed by atoms with van der Waals surface area (Å²) in [4.78, 5) is 24.5. The Morgan fingerprint density at radius 2 is 2.19 bits per heavy atom. The third-order valence-corrected chi connectivity index (χ3v) is 3.60. The van der Waals surface area contributed by atoms with Crippen LogP contribution in [-0.2, 0) is 4.79 Å². The van der Waals surface area contributed by atoms with Crippen molar-refractivity contribution < 1.29 is 19.1 Å². The van der Waals surface area contributed by atoms with Gasteiger partial charge in [0.25, 0.3) is 5.91 Å². The molecular weight excluding hydrogens is 273 g/mol. The first-order valence-electron chi connectivity index (χ1n) is 6.97. The number of aliphatic carboxylic acids is 1. The number of benzene rings is 1. The zero-order chi connectivity index (χ0) is 15.4. The summed E-state index contributed by atoms with van der Waals surface area (Å²) in [6, 6.07) is 4.13. The average molecular weight is 291 g/mol. The number of rotatable bonds is 3. The monoisotopic (exact) mass is 291 g/mol. The number of carboxylic acids is 1. The van der Waals surface area contributed by atoms with Crippen LogP contribution >= 0.6 is 0 Å². The minimum atomic E-state index is -1.14. The molecule has 5 heteroatoms. The molecule has 21 heavy (non-hydrogen) atoms. The molecular formula is C16H18FNO3. The summed E-state index contributed by atoms with van der Waals surface area (Å²) in [5.74, 6) is -1.44. The summed E-state index contributed by atoms with van der Waals surface area (Å²) in [7, 11) is 0. The fraction of sp³-hybridized carbons (Fsp3) is 0.375. The van der Waals surface area contributed by atoms with Crippen LogP contribution in [0.2, 0.25) is 0 Å². The molecule has 1 saturated heterocycles. The van der Waals surface area contributed by atoms with E-state index in [1.165, 1.54) is 24.3 Å². The predicted octanol–water partition coefficient (Wildman–Crippen LogP) is 2.80. The summed E-state index contributed by atoms with van der Waals surface area (Å²) in [6.07, 6.45) is 4.12. The minimum Gasteiger partial charge on any atom is -0.478 e. The van der Waals surface area contributed by atoms with Crippen LogP contribution in [0, 0.1) is 11.7 Å². The largest absolute Gasteiger partial charge is 0.478 e. The highest BCUT2D eigenvalue weighted by molar-refractivity contribution is 5.94. The second kappa shape index (κ2) is 6.52. The molecule has 1 aliphatic heterocycles. The number of amides is 1. The van der Waals surface area contributed by atoms with E-state index in [0.29, 0.717) is 24.6 Å². The SMILES string of the molecule is CC1CCCN(C(=O)c2ccc(C=CC(=O)O)c(F)c2)C1. The van der Waals surface area contributed by atoms with E-state index < -0.39 is 11.8 Å². The zero-order valence-electron chi connectivity index (χ0n) is 11.9. The fourth-order valence-corrected chi connectivity index (χ4v) is 2.51. The van der Waals surface area contributed by atoms with Gasteiger partial charge >= 0.3 is 5.97 Å². The van der Waals surface area contributed by atoms with Crippen molar-refractivity contribution in [2.45, 2.75) is 19.8 Å². The molecule has 0 aliphatic carbocycles. The number of piperidine rings is 1. The van der Waals surface area contributed by atoms with Crippen LogP contribution in [0.5, 0.6) is 0 Å². The van der Waals surface area contributed by atoms with E-state index in [-0.39, 0.29) is 11.5 Å². The number of carbonyl (C=O) groups is 2.